The van der Waals surface area contributed by atoms with Crippen LogP contribution < -0.4 is 5.32 Å². The normalized spacial score (nSPS) is 16.0. The maximum atomic E-state index is 12.1. The van der Waals surface area contributed by atoms with Crippen molar-refractivity contribution in [2.45, 2.75) is 39.0 Å². The van der Waals surface area contributed by atoms with Gasteiger partial charge in [-0.3, -0.25) is 9.59 Å². The maximum absolute atomic E-state index is 12.1. The van der Waals surface area contributed by atoms with E-state index in [4.69, 9.17) is 4.42 Å². The molecule has 21 heavy (non-hydrogen) atoms. The Morgan fingerprint density at radius 3 is 2.71 bits per heavy atom. The van der Waals surface area contributed by atoms with Crippen LogP contribution in [0, 0.1) is 5.92 Å². The molecular formula is C16H24N2O3. The summed E-state index contributed by atoms with van der Waals surface area (Å²) < 4.78 is 4.94. The molecule has 0 aromatic carbocycles. The average molecular weight is 292 g/mol. The van der Waals surface area contributed by atoms with E-state index in [0.29, 0.717) is 18.7 Å². The summed E-state index contributed by atoms with van der Waals surface area (Å²) in [4.78, 5) is 26.0. The number of carbonyl (C=O) groups excluding carboxylic acids is 2. The summed E-state index contributed by atoms with van der Waals surface area (Å²) in [6.07, 6.45) is 7.80. The molecule has 5 nitrogen and oxygen atoms in total. The SMILES string of the molecule is CCCCCNC(=O)C1CCN(C(=O)c2ccoc2)CC1. The molecule has 1 aromatic heterocycles. The van der Waals surface area contributed by atoms with Crippen molar-refractivity contribution in [2.24, 2.45) is 5.92 Å². The largest absolute Gasteiger partial charge is 0.472 e. The zero-order valence-electron chi connectivity index (χ0n) is 12.6. The van der Waals surface area contributed by atoms with Gasteiger partial charge in [-0.05, 0) is 25.3 Å². The summed E-state index contributed by atoms with van der Waals surface area (Å²) >= 11 is 0. The van der Waals surface area contributed by atoms with Gasteiger partial charge in [0.1, 0.15) is 6.26 Å². The Bertz CT molecular complexity index is 448. The Morgan fingerprint density at radius 1 is 1.33 bits per heavy atom. The Balaban J connectivity index is 1.72. The Morgan fingerprint density at radius 2 is 2.10 bits per heavy atom. The van der Waals surface area contributed by atoms with E-state index in [-0.39, 0.29) is 17.7 Å². The lowest BCUT2D eigenvalue weighted by molar-refractivity contribution is -0.126. The zero-order valence-corrected chi connectivity index (χ0v) is 12.6. The standard InChI is InChI=1S/C16H24N2O3/c1-2-3-4-8-17-15(19)13-5-9-18(10-6-13)16(20)14-7-11-21-12-14/h7,11-13H,2-6,8-10H2,1H3,(H,17,19). The Labute approximate surface area is 125 Å². The van der Waals surface area contributed by atoms with E-state index in [2.05, 4.69) is 12.2 Å². The molecule has 1 N–H and O–H groups in total. The van der Waals surface area contributed by atoms with E-state index in [9.17, 15) is 9.59 Å². The molecule has 0 radical (unpaired) electrons. The molecule has 0 saturated carbocycles. The van der Waals surface area contributed by atoms with Crippen LogP contribution in [0.15, 0.2) is 23.0 Å². The fraction of sp³-hybridized carbons (Fsp3) is 0.625. The van der Waals surface area contributed by atoms with E-state index in [1.165, 1.54) is 12.5 Å². The van der Waals surface area contributed by atoms with Gasteiger partial charge in [-0.2, -0.15) is 0 Å². The molecule has 1 saturated heterocycles. The number of nitrogens with zero attached hydrogens (tertiary/aromatic N) is 1. The molecule has 1 fully saturated rings. The van der Waals surface area contributed by atoms with Gasteiger partial charge in [-0.25, -0.2) is 0 Å². The molecule has 0 spiro atoms. The molecule has 2 rings (SSSR count). The summed E-state index contributed by atoms with van der Waals surface area (Å²) in [5.74, 6) is 0.173. The number of carbonyl (C=O) groups is 2. The van der Waals surface area contributed by atoms with Crippen molar-refractivity contribution < 1.29 is 14.0 Å². The molecule has 1 aliphatic heterocycles. The maximum Gasteiger partial charge on any atom is 0.257 e. The zero-order chi connectivity index (χ0) is 15.1. The minimum absolute atomic E-state index is 0.00875. The van der Waals surface area contributed by atoms with Crippen molar-refractivity contribution in [2.75, 3.05) is 19.6 Å². The van der Waals surface area contributed by atoms with Crippen molar-refractivity contribution in [1.82, 2.24) is 10.2 Å². The fourth-order valence-corrected chi connectivity index (χ4v) is 2.64. The molecule has 1 aromatic rings. The first kappa shape index (κ1) is 15.6. The molecule has 1 aliphatic rings. The van der Waals surface area contributed by atoms with Crippen molar-refractivity contribution in [3.63, 3.8) is 0 Å². The van der Waals surface area contributed by atoms with Gasteiger partial charge in [-0.15, -0.1) is 0 Å². The quantitative estimate of drug-likeness (QED) is 0.819. The number of hydrogen-bond donors (Lipinski definition) is 1. The van der Waals surface area contributed by atoms with Gasteiger partial charge < -0.3 is 14.6 Å². The molecule has 116 valence electrons. The Hall–Kier alpha value is -1.78. The number of furan rings is 1. The van der Waals surface area contributed by atoms with Crippen LogP contribution in [0.25, 0.3) is 0 Å². The van der Waals surface area contributed by atoms with Crippen LogP contribution in [0.1, 0.15) is 49.4 Å². The van der Waals surface area contributed by atoms with Crippen molar-refractivity contribution >= 4 is 11.8 Å². The van der Waals surface area contributed by atoms with E-state index >= 15 is 0 Å². The monoisotopic (exact) mass is 292 g/mol. The number of amides is 2. The number of nitrogens with one attached hydrogen (secondary N) is 1. The summed E-state index contributed by atoms with van der Waals surface area (Å²) in [5.41, 5.74) is 0.581. The van der Waals surface area contributed by atoms with Gasteiger partial charge in [0.2, 0.25) is 5.91 Å². The molecule has 0 bridgehead atoms. The molecular weight excluding hydrogens is 268 g/mol. The number of unbranched alkanes of at least 4 members (excludes halogenated alkanes) is 2. The highest BCUT2D eigenvalue weighted by atomic mass is 16.3. The lowest BCUT2D eigenvalue weighted by Gasteiger charge is -2.31. The minimum Gasteiger partial charge on any atom is -0.472 e. The lowest BCUT2D eigenvalue weighted by Crippen LogP contribution is -2.43. The van der Waals surface area contributed by atoms with Gasteiger partial charge in [0, 0.05) is 25.6 Å². The second-order valence-corrected chi connectivity index (χ2v) is 5.58. The van der Waals surface area contributed by atoms with E-state index < -0.39 is 0 Å². The average Bonchev–Trinajstić information content (AvgIpc) is 3.05. The number of piperidine rings is 1. The van der Waals surface area contributed by atoms with Crippen LogP contribution >= 0.6 is 0 Å². The number of rotatable bonds is 6. The molecule has 0 atom stereocenters. The van der Waals surface area contributed by atoms with Crippen LogP contribution in [-0.2, 0) is 4.79 Å². The van der Waals surface area contributed by atoms with Crippen LogP contribution in [0.4, 0.5) is 0 Å². The van der Waals surface area contributed by atoms with Gasteiger partial charge >= 0.3 is 0 Å². The molecule has 2 amide bonds. The molecule has 0 aliphatic carbocycles. The minimum atomic E-state index is -0.00875. The number of hydrogen-bond acceptors (Lipinski definition) is 3. The van der Waals surface area contributed by atoms with Crippen molar-refractivity contribution in [3.8, 4) is 0 Å². The first-order valence-electron chi connectivity index (χ1n) is 7.81. The topological polar surface area (TPSA) is 62.6 Å². The third kappa shape index (κ3) is 4.34. The summed E-state index contributed by atoms with van der Waals surface area (Å²) in [7, 11) is 0. The van der Waals surface area contributed by atoms with Gasteiger partial charge in [0.15, 0.2) is 0 Å². The van der Waals surface area contributed by atoms with Gasteiger partial charge in [0.05, 0.1) is 11.8 Å². The molecule has 2 heterocycles. The highest BCUT2D eigenvalue weighted by Gasteiger charge is 2.27. The van der Waals surface area contributed by atoms with Crippen LogP contribution in [-0.4, -0.2) is 36.3 Å². The Kier molecular flexibility index (Phi) is 5.84. The summed E-state index contributed by atoms with van der Waals surface area (Å²) in [6, 6.07) is 1.68. The van der Waals surface area contributed by atoms with Gasteiger partial charge in [-0.1, -0.05) is 19.8 Å². The predicted octanol–water partition coefficient (Wildman–Crippen LogP) is 2.44. The second kappa shape index (κ2) is 7.86. The van der Waals surface area contributed by atoms with Crippen LogP contribution in [0.3, 0.4) is 0 Å². The van der Waals surface area contributed by atoms with E-state index in [0.717, 1.165) is 38.6 Å². The molecule has 5 heteroatoms. The van der Waals surface area contributed by atoms with Crippen molar-refractivity contribution in [1.29, 1.82) is 0 Å². The van der Waals surface area contributed by atoms with E-state index in [1.54, 1.807) is 11.0 Å². The first-order valence-corrected chi connectivity index (χ1v) is 7.81. The third-order valence-corrected chi connectivity index (χ3v) is 4.00. The summed E-state index contributed by atoms with van der Waals surface area (Å²) in [5, 5.41) is 3.00. The predicted molar refractivity (Wildman–Crippen MR) is 79.9 cm³/mol. The smallest absolute Gasteiger partial charge is 0.257 e. The first-order chi connectivity index (χ1) is 10.2. The van der Waals surface area contributed by atoms with Crippen LogP contribution in [0.2, 0.25) is 0 Å². The second-order valence-electron chi connectivity index (χ2n) is 5.58. The van der Waals surface area contributed by atoms with E-state index in [1.807, 2.05) is 0 Å². The van der Waals surface area contributed by atoms with Crippen LogP contribution in [0.5, 0.6) is 0 Å². The van der Waals surface area contributed by atoms with Gasteiger partial charge in [0.25, 0.3) is 5.91 Å². The third-order valence-electron chi connectivity index (χ3n) is 4.00. The lowest BCUT2D eigenvalue weighted by atomic mass is 9.95. The highest BCUT2D eigenvalue weighted by Crippen LogP contribution is 2.19. The summed E-state index contributed by atoms with van der Waals surface area (Å²) in [6.45, 7) is 4.18. The number of likely N-dealkylation sites (tertiary alicyclic amines) is 1. The molecule has 0 unspecified atom stereocenters. The highest BCUT2D eigenvalue weighted by molar-refractivity contribution is 5.94. The fourth-order valence-electron chi connectivity index (χ4n) is 2.64. The van der Waals surface area contributed by atoms with Crippen molar-refractivity contribution in [3.05, 3.63) is 24.2 Å².